The molecule has 3 aromatic carbocycles. The van der Waals surface area contributed by atoms with Gasteiger partial charge in [-0.15, -0.1) is 0 Å². The van der Waals surface area contributed by atoms with E-state index in [2.05, 4.69) is 12.1 Å². The molecule has 5 nitrogen and oxygen atoms in total. The van der Waals surface area contributed by atoms with Crippen LogP contribution in [-0.2, 0) is 22.3 Å². The Labute approximate surface area is 223 Å². The minimum atomic E-state index is -4.42. The fourth-order valence-electron chi connectivity index (χ4n) is 4.71. The number of fused-ring (bicyclic) bond motifs is 1. The quantitative estimate of drug-likeness (QED) is 0.498. The average molecular weight is 539 g/mol. The lowest BCUT2D eigenvalue weighted by molar-refractivity contribution is -0.917. The van der Waals surface area contributed by atoms with E-state index in [4.69, 9.17) is 0 Å². The molecule has 0 saturated carbocycles. The van der Waals surface area contributed by atoms with E-state index in [-0.39, 0.29) is 18.4 Å². The van der Waals surface area contributed by atoms with E-state index in [0.717, 1.165) is 36.7 Å². The smallest absolute Gasteiger partial charge is 0.330 e. The van der Waals surface area contributed by atoms with Crippen LogP contribution in [0.5, 0.6) is 0 Å². The fraction of sp³-hybridized carbons (Fsp3) is 0.241. The molecule has 0 atom stereocenters. The topological polar surface area (TPSA) is 45.1 Å². The van der Waals surface area contributed by atoms with Crippen molar-refractivity contribution in [2.45, 2.75) is 17.6 Å². The molecule has 0 unspecified atom stereocenters. The summed E-state index contributed by atoms with van der Waals surface area (Å²) in [6.45, 7) is 3.73. The van der Waals surface area contributed by atoms with Crippen molar-refractivity contribution in [3.05, 3.63) is 100 Å². The number of halogens is 3. The lowest BCUT2D eigenvalue weighted by Gasteiger charge is -2.35. The third kappa shape index (κ3) is 5.95. The monoisotopic (exact) mass is 538 g/mol. The number of anilines is 1. The molecule has 0 bridgehead atoms. The van der Waals surface area contributed by atoms with Gasteiger partial charge in [0.25, 0.3) is 5.91 Å². The van der Waals surface area contributed by atoms with Crippen LogP contribution in [0.4, 0.5) is 18.9 Å². The molecule has 196 valence electrons. The standard InChI is InChI=1S/C29H26F3N3O2S/c30-29(31,32)23-12-10-21(11-13-23)18-26-28(37)35(24-8-4-5-9-25(24)38-26)20-27(36)34-16-14-33(15-17-34)19-22-6-2-1-3-7-22/h1-13,18H,14-17,19-20H2/p+1. The molecule has 38 heavy (non-hydrogen) atoms. The number of para-hydroxylation sites is 1. The van der Waals surface area contributed by atoms with Gasteiger partial charge in [-0.3, -0.25) is 14.5 Å². The molecular formula is C29H27F3N3O2S+. The van der Waals surface area contributed by atoms with E-state index in [1.54, 1.807) is 6.08 Å². The normalized spacial score (nSPS) is 17.6. The summed E-state index contributed by atoms with van der Waals surface area (Å²) >= 11 is 1.26. The Morgan fingerprint density at radius 3 is 2.26 bits per heavy atom. The number of amides is 2. The van der Waals surface area contributed by atoms with Crippen LogP contribution < -0.4 is 9.80 Å². The molecule has 2 amide bonds. The highest BCUT2D eigenvalue weighted by Crippen LogP contribution is 2.42. The van der Waals surface area contributed by atoms with Gasteiger partial charge in [-0.2, -0.15) is 13.2 Å². The van der Waals surface area contributed by atoms with Gasteiger partial charge in [-0.05, 0) is 35.9 Å². The number of carbonyl (C=O) groups is 2. The van der Waals surface area contributed by atoms with E-state index in [1.165, 1.54) is 39.3 Å². The van der Waals surface area contributed by atoms with Crippen LogP contribution in [0.15, 0.2) is 88.7 Å². The molecular weight excluding hydrogens is 511 g/mol. The summed E-state index contributed by atoms with van der Waals surface area (Å²) < 4.78 is 38.8. The summed E-state index contributed by atoms with van der Waals surface area (Å²) in [6.07, 6.45) is -2.85. The molecule has 0 spiro atoms. The highest BCUT2D eigenvalue weighted by molar-refractivity contribution is 8.04. The van der Waals surface area contributed by atoms with Crippen molar-refractivity contribution in [2.75, 3.05) is 37.6 Å². The van der Waals surface area contributed by atoms with Crippen molar-refractivity contribution in [1.29, 1.82) is 0 Å². The van der Waals surface area contributed by atoms with Crippen LogP contribution in [0.1, 0.15) is 16.7 Å². The highest BCUT2D eigenvalue weighted by Gasteiger charge is 2.33. The summed E-state index contributed by atoms with van der Waals surface area (Å²) in [5.41, 5.74) is 1.67. The second-order valence-corrected chi connectivity index (χ2v) is 10.5. The molecule has 0 radical (unpaired) electrons. The second kappa shape index (κ2) is 11.0. The van der Waals surface area contributed by atoms with Gasteiger partial charge in [-0.25, -0.2) is 0 Å². The summed E-state index contributed by atoms with van der Waals surface area (Å²) in [4.78, 5) is 32.6. The summed E-state index contributed by atoms with van der Waals surface area (Å²) in [5, 5.41) is 0. The Kier molecular flexibility index (Phi) is 7.58. The number of nitrogens with one attached hydrogen (secondary N) is 1. The molecule has 2 heterocycles. The summed E-state index contributed by atoms with van der Waals surface area (Å²) in [7, 11) is 0. The zero-order valence-electron chi connectivity index (χ0n) is 20.6. The van der Waals surface area contributed by atoms with Gasteiger partial charge >= 0.3 is 6.18 Å². The maximum Gasteiger partial charge on any atom is 0.416 e. The van der Waals surface area contributed by atoms with Gasteiger partial charge in [0.15, 0.2) is 0 Å². The highest BCUT2D eigenvalue weighted by atomic mass is 32.2. The first-order valence-electron chi connectivity index (χ1n) is 12.4. The Morgan fingerprint density at radius 2 is 1.58 bits per heavy atom. The molecule has 0 aliphatic carbocycles. The number of rotatable bonds is 5. The Hall–Kier alpha value is -3.56. The van der Waals surface area contributed by atoms with E-state index in [1.807, 2.05) is 47.4 Å². The molecule has 5 rings (SSSR count). The molecule has 3 aromatic rings. The fourth-order valence-corrected chi connectivity index (χ4v) is 5.77. The number of hydrogen-bond acceptors (Lipinski definition) is 3. The summed E-state index contributed by atoms with van der Waals surface area (Å²) in [5.74, 6) is -0.456. The predicted molar refractivity (Wildman–Crippen MR) is 141 cm³/mol. The van der Waals surface area contributed by atoms with Gasteiger partial charge < -0.3 is 9.80 Å². The van der Waals surface area contributed by atoms with Crippen LogP contribution in [0, 0.1) is 0 Å². The number of nitrogens with zero attached hydrogens (tertiary/aromatic N) is 2. The Balaban J connectivity index is 1.28. The van der Waals surface area contributed by atoms with E-state index < -0.39 is 11.7 Å². The molecule has 9 heteroatoms. The lowest BCUT2D eigenvalue weighted by atomic mass is 10.1. The number of thioether (sulfide) groups is 1. The van der Waals surface area contributed by atoms with Gasteiger partial charge in [-0.1, -0.05) is 66.4 Å². The van der Waals surface area contributed by atoms with E-state index in [9.17, 15) is 22.8 Å². The van der Waals surface area contributed by atoms with Crippen LogP contribution in [0.25, 0.3) is 6.08 Å². The average Bonchev–Trinajstić information content (AvgIpc) is 2.92. The molecule has 1 N–H and O–H groups in total. The van der Waals surface area contributed by atoms with Crippen LogP contribution >= 0.6 is 11.8 Å². The molecule has 0 aromatic heterocycles. The zero-order valence-corrected chi connectivity index (χ0v) is 21.4. The number of quaternary nitrogens is 1. The largest absolute Gasteiger partial charge is 0.416 e. The zero-order chi connectivity index (χ0) is 26.7. The number of carbonyl (C=O) groups excluding carboxylic acids is 2. The van der Waals surface area contributed by atoms with Crippen molar-refractivity contribution >= 4 is 35.3 Å². The molecule has 1 fully saturated rings. The van der Waals surface area contributed by atoms with Crippen molar-refractivity contribution in [2.24, 2.45) is 0 Å². The third-order valence-corrected chi connectivity index (χ3v) is 7.86. The van der Waals surface area contributed by atoms with E-state index in [0.29, 0.717) is 29.2 Å². The van der Waals surface area contributed by atoms with Crippen LogP contribution in [0.3, 0.4) is 0 Å². The van der Waals surface area contributed by atoms with Crippen LogP contribution in [0.2, 0.25) is 0 Å². The minimum absolute atomic E-state index is 0.0885. The van der Waals surface area contributed by atoms with Gasteiger partial charge in [0, 0.05) is 10.5 Å². The number of alkyl halides is 3. The third-order valence-electron chi connectivity index (χ3n) is 6.78. The number of hydrogen-bond donors (Lipinski definition) is 1. The first-order chi connectivity index (χ1) is 18.3. The maximum atomic E-state index is 13.5. The first kappa shape index (κ1) is 26.1. The first-order valence-corrected chi connectivity index (χ1v) is 13.2. The van der Waals surface area contributed by atoms with Crippen molar-refractivity contribution in [3.8, 4) is 0 Å². The SMILES string of the molecule is O=C(CN1C(=O)C(=Cc2ccc(C(F)(F)F)cc2)Sc2ccccc21)N1CC[NH+](Cc2ccccc2)CC1. The maximum absolute atomic E-state index is 13.5. The molecule has 1 saturated heterocycles. The second-order valence-electron chi connectivity index (χ2n) is 9.38. The molecule has 2 aliphatic heterocycles. The van der Waals surface area contributed by atoms with Crippen molar-refractivity contribution in [1.82, 2.24) is 4.90 Å². The number of benzene rings is 3. The van der Waals surface area contributed by atoms with Crippen molar-refractivity contribution < 1.29 is 27.7 Å². The minimum Gasteiger partial charge on any atom is -0.330 e. The predicted octanol–water partition coefficient (Wildman–Crippen LogP) is 4.11. The summed E-state index contributed by atoms with van der Waals surface area (Å²) in [6, 6.07) is 22.3. The number of piperazine rings is 1. The van der Waals surface area contributed by atoms with Gasteiger partial charge in [0.05, 0.1) is 42.3 Å². The molecule has 2 aliphatic rings. The van der Waals surface area contributed by atoms with E-state index >= 15 is 0 Å². The van der Waals surface area contributed by atoms with Crippen LogP contribution in [-0.4, -0.2) is 49.4 Å². The van der Waals surface area contributed by atoms with Gasteiger partial charge in [0.1, 0.15) is 13.1 Å². The Bertz CT molecular complexity index is 1340. The van der Waals surface area contributed by atoms with Gasteiger partial charge in [0.2, 0.25) is 5.91 Å². The Morgan fingerprint density at radius 1 is 0.921 bits per heavy atom. The van der Waals surface area contributed by atoms with Crippen molar-refractivity contribution in [3.63, 3.8) is 0 Å². The lowest BCUT2D eigenvalue weighted by Crippen LogP contribution is -3.13.